The first-order chi connectivity index (χ1) is 9.52. The molecule has 7 heteroatoms. The molecule has 0 aromatic heterocycles. The molecule has 1 saturated heterocycles. The molecule has 2 rings (SSSR count). The SMILES string of the molecule is COc1ccc(C(=O)N2CCCC(Cl)C2)cc1[N+](=O)[O-]. The standard InChI is InChI=1S/C13H15ClN2O4/c1-20-12-5-4-9(7-11(12)16(18)19)13(17)15-6-2-3-10(14)8-15/h4-5,7,10H,2-3,6,8H2,1H3. The zero-order valence-corrected chi connectivity index (χ0v) is 11.8. The zero-order chi connectivity index (χ0) is 14.7. The molecule has 0 radical (unpaired) electrons. The summed E-state index contributed by atoms with van der Waals surface area (Å²) in [5, 5.41) is 10.9. The van der Waals surface area contributed by atoms with Gasteiger partial charge in [0.15, 0.2) is 5.75 Å². The highest BCUT2D eigenvalue weighted by molar-refractivity contribution is 6.21. The molecule has 108 valence electrons. The van der Waals surface area contributed by atoms with Gasteiger partial charge in [-0.1, -0.05) is 0 Å². The number of carbonyl (C=O) groups is 1. The number of nitro benzene ring substituents is 1. The van der Waals surface area contributed by atoms with Crippen molar-refractivity contribution in [3.63, 3.8) is 0 Å². The van der Waals surface area contributed by atoms with E-state index in [4.69, 9.17) is 16.3 Å². The number of halogens is 1. The van der Waals surface area contributed by atoms with Crippen molar-refractivity contribution in [3.8, 4) is 5.75 Å². The van der Waals surface area contributed by atoms with Gasteiger partial charge < -0.3 is 9.64 Å². The lowest BCUT2D eigenvalue weighted by Crippen LogP contribution is -2.40. The number of piperidine rings is 1. The molecule has 0 bridgehead atoms. The molecule has 0 aliphatic carbocycles. The van der Waals surface area contributed by atoms with Crippen molar-refractivity contribution >= 4 is 23.2 Å². The first-order valence-corrected chi connectivity index (χ1v) is 6.72. The maximum atomic E-state index is 12.3. The number of hydrogen-bond acceptors (Lipinski definition) is 4. The third-order valence-corrected chi connectivity index (χ3v) is 3.63. The monoisotopic (exact) mass is 298 g/mol. The van der Waals surface area contributed by atoms with Crippen molar-refractivity contribution in [3.05, 3.63) is 33.9 Å². The quantitative estimate of drug-likeness (QED) is 0.488. The first kappa shape index (κ1) is 14.6. The molecular weight excluding hydrogens is 284 g/mol. The lowest BCUT2D eigenvalue weighted by Gasteiger charge is -2.29. The van der Waals surface area contributed by atoms with E-state index in [1.165, 1.54) is 25.3 Å². The van der Waals surface area contributed by atoms with Crippen LogP contribution >= 0.6 is 11.6 Å². The average Bonchev–Trinajstić information content (AvgIpc) is 2.45. The third kappa shape index (κ3) is 3.01. The van der Waals surface area contributed by atoms with Gasteiger partial charge in [0.2, 0.25) is 0 Å². The summed E-state index contributed by atoms with van der Waals surface area (Å²) in [4.78, 5) is 24.4. The van der Waals surface area contributed by atoms with Crippen LogP contribution in [0.15, 0.2) is 18.2 Å². The van der Waals surface area contributed by atoms with Crippen LogP contribution in [0.3, 0.4) is 0 Å². The van der Waals surface area contributed by atoms with Gasteiger partial charge in [0.1, 0.15) is 0 Å². The first-order valence-electron chi connectivity index (χ1n) is 6.28. The lowest BCUT2D eigenvalue weighted by molar-refractivity contribution is -0.385. The largest absolute Gasteiger partial charge is 0.490 e. The Morgan fingerprint density at radius 1 is 1.55 bits per heavy atom. The Morgan fingerprint density at radius 3 is 2.90 bits per heavy atom. The van der Waals surface area contributed by atoms with E-state index in [9.17, 15) is 14.9 Å². The molecule has 0 N–H and O–H groups in total. The van der Waals surface area contributed by atoms with Gasteiger partial charge in [-0.15, -0.1) is 11.6 Å². The summed E-state index contributed by atoms with van der Waals surface area (Å²) >= 11 is 6.05. The Bertz CT molecular complexity index is 535. The highest BCUT2D eigenvalue weighted by atomic mass is 35.5. The number of likely N-dealkylation sites (tertiary alicyclic amines) is 1. The average molecular weight is 299 g/mol. The van der Waals surface area contributed by atoms with Crippen molar-refractivity contribution in [1.82, 2.24) is 4.90 Å². The van der Waals surface area contributed by atoms with Crippen LogP contribution < -0.4 is 4.74 Å². The third-order valence-electron chi connectivity index (χ3n) is 3.27. The molecule has 1 aromatic rings. The number of nitro groups is 1. The summed E-state index contributed by atoms with van der Waals surface area (Å²) in [5.74, 6) is -0.0958. The van der Waals surface area contributed by atoms with Crippen LogP contribution in [0.4, 0.5) is 5.69 Å². The fraction of sp³-hybridized carbons (Fsp3) is 0.462. The maximum absolute atomic E-state index is 12.3. The number of rotatable bonds is 3. The van der Waals surface area contributed by atoms with Gasteiger partial charge in [-0.05, 0) is 25.0 Å². The second kappa shape index (κ2) is 6.09. The zero-order valence-electron chi connectivity index (χ0n) is 11.0. The molecular formula is C13H15ClN2O4. The number of ether oxygens (including phenoxy) is 1. The van der Waals surface area contributed by atoms with E-state index in [-0.39, 0.29) is 28.3 Å². The number of amides is 1. The van der Waals surface area contributed by atoms with Gasteiger partial charge in [0.25, 0.3) is 5.91 Å². The van der Waals surface area contributed by atoms with Gasteiger partial charge in [0.05, 0.1) is 17.4 Å². The number of methoxy groups -OCH3 is 1. The van der Waals surface area contributed by atoms with E-state index in [0.29, 0.717) is 13.1 Å². The van der Waals surface area contributed by atoms with Crippen molar-refractivity contribution < 1.29 is 14.5 Å². The summed E-state index contributed by atoms with van der Waals surface area (Å²) in [6, 6.07) is 4.22. The predicted molar refractivity (Wildman–Crippen MR) is 74.4 cm³/mol. The molecule has 1 aromatic carbocycles. The Labute approximate surface area is 121 Å². The van der Waals surface area contributed by atoms with Crippen LogP contribution in [0.25, 0.3) is 0 Å². The van der Waals surface area contributed by atoms with Crippen molar-refractivity contribution in [2.24, 2.45) is 0 Å². The number of hydrogen-bond donors (Lipinski definition) is 0. The highest BCUT2D eigenvalue weighted by Gasteiger charge is 2.25. The number of alkyl halides is 1. The Hall–Kier alpha value is -1.82. The Balaban J connectivity index is 2.26. The number of benzene rings is 1. The molecule has 0 saturated carbocycles. The van der Waals surface area contributed by atoms with E-state index in [1.807, 2.05) is 0 Å². The van der Waals surface area contributed by atoms with E-state index >= 15 is 0 Å². The second-order valence-electron chi connectivity index (χ2n) is 4.63. The summed E-state index contributed by atoms with van der Waals surface area (Å²) in [7, 11) is 1.35. The minimum absolute atomic E-state index is 0.0547. The Morgan fingerprint density at radius 2 is 2.30 bits per heavy atom. The molecule has 20 heavy (non-hydrogen) atoms. The molecule has 6 nitrogen and oxygen atoms in total. The van der Waals surface area contributed by atoms with Crippen molar-refractivity contribution in [2.45, 2.75) is 18.2 Å². The molecule has 1 unspecified atom stereocenters. The van der Waals surface area contributed by atoms with Crippen LogP contribution in [0.1, 0.15) is 23.2 Å². The summed E-state index contributed by atoms with van der Waals surface area (Å²) in [6.45, 7) is 1.10. The smallest absolute Gasteiger partial charge is 0.311 e. The normalized spacial score (nSPS) is 18.7. The molecule has 1 amide bonds. The van der Waals surface area contributed by atoms with Crippen molar-refractivity contribution in [1.29, 1.82) is 0 Å². The molecule has 0 spiro atoms. The van der Waals surface area contributed by atoms with E-state index in [0.717, 1.165) is 12.8 Å². The number of nitrogens with zero attached hydrogens (tertiary/aromatic N) is 2. The second-order valence-corrected chi connectivity index (χ2v) is 5.25. The molecule has 1 fully saturated rings. The fourth-order valence-corrected chi connectivity index (χ4v) is 2.58. The van der Waals surface area contributed by atoms with Crippen LogP contribution in [0.2, 0.25) is 0 Å². The summed E-state index contributed by atoms with van der Waals surface area (Å²) < 4.78 is 4.92. The summed E-state index contributed by atoms with van der Waals surface area (Å²) in [5.41, 5.74) is 0.0704. The molecule has 1 heterocycles. The van der Waals surface area contributed by atoms with E-state index in [1.54, 1.807) is 4.90 Å². The van der Waals surface area contributed by atoms with Gasteiger partial charge in [-0.2, -0.15) is 0 Å². The number of carbonyl (C=O) groups excluding carboxylic acids is 1. The van der Waals surface area contributed by atoms with Gasteiger partial charge in [-0.3, -0.25) is 14.9 Å². The molecule has 1 atom stereocenters. The van der Waals surface area contributed by atoms with E-state index in [2.05, 4.69) is 0 Å². The van der Waals surface area contributed by atoms with E-state index < -0.39 is 4.92 Å². The van der Waals surface area contributed by atoms with Crippen LogP contribution in [-0.4, -0.2) is 41.3 Å². The Kier molecular flexibility index (Phi) is 4.44. The lowest BCUT2D eigenvalue weighted by atomic mass is 10.1. The van der Waals surface area contributed by atoms with Gasteiger partial charge in [0, 0.05) is 24.7 Å². The topological polar surface area (TPSA) is 72.7 Å². The van der Waals surface area contributed by atoms with Crippen LogP contribution in [0, 0.1) is 10.1 Å². The fourth-order valence-electron chi connectivity index (χ4n) is 2.26. The van der Waals surface area contributed by atoms with Gasteiger partial charge in [-0.25, -0.2) is 0 Å². The summed E-state index contributed by atoms with van der Waals surface area (Å²) in [6.07, 6.45) is 1.73. The van der Waals surface area contributed by atoms with Crippen LogP contribution in [0.5, 0.6) is 5.75 Å². The van der Waals surface area contributed by atoms with Gasteiger partial charge >= 0.3 is 5.69 Å². The molecule has 1 aliphatic rings. The maximum Gasteiger partial charge on any atom is 0.311 e. The molecule has 1 aliphatic heterocycles. The minimum atomic E-state index is -0.559. The van der Waals surface area contributed by atoms with Crippen molar-refractivity contribution in [2.75, 3.05) is 20.2 Å². The minimum Gasteiger partial charge on any atom is -0.490 e. The highest BCUT2D eigenvalue weighted by Crippen LogP contribution is 2.28. The van der Waals surface area contributed by atoms with Crippen LogP contribution in [-0.2, 0) is 0 Å². The predicted octanol–water partition coefficient (Wildman–Crippen LogP) is 2.45.